The monoisotopic (exact) mass is 371 g/mol. The van der Waals surface area contributed by atoms with E-state index in [-0.39, 0.29) is 11.8 Å². The molecule has 1 aliphatic rings. The van der Waals surface area contributed by atoms with Crippen LogP contribution in [0.2, 0.25) is 0 Å². The standard InChI is InChI=1S/C20H25N3O2S/c24-19(8-5-10-21-20(25)17-9-13-26-15-17)22-14-16-6-1-2-7-18(16)23-11-3-4-12-23/h1-2,6-7,9,13,15H,3-5,8,10-12,14H2,(H,21,25)(H,22,24). The smallest absolute Gasteiger partial charge is 0.252 e. The Bertz CT molecular complexity index is 724. The molecule has 0 atom stereocenters. The van der Waals surface area contributed by atoms with E-state index in [1.54, 1.807) is 6.07 Å². The van der Waals surface area contributed by atoms with E-state index in [0.29, 0.717) is 31.5 Å². The van der Waals surface area contributed by atoms with Gasteiger partial charge in [-0.05, 0) is 42.3 Å². The highest BCUT2D eigenvalue weighted by Gasteiger charge is 2.15. The number of amides is 2. The van der Waals surface area contributed by atoms with Crippen molar-refractivity contribution in [3.05, 3.63) is 52.2 Å². The number of nitrogens with zero attached hydrogens (tertiary/aromatic N) is 1. The number of hydrogen-bond donors (Lipinski definition) is 2. The van der Waals surface area contributed by atoms with E-state index in [0.717, 1.165) is 18.7 Å². The molecular weight excluding hydrogens is 346 g/mol. The van der Waals surface area contributed by atoms with Gasteiger partial charge < -0.3 is 15.5 Å². The van der Waals surface area contributed by atoms with Crippen molar-refractivity contribution in [1.29, 1.82) is 0 Å². The van der Waals surface area contributed by atoms with Crippen molar-refractivity contribution in [3.8, 4) is 0 Å². The second-order valence-corrected chi connectivity index (χ2v) is 7.25. The van der Waals surface area contributed by atoms with E-state index in [1.807, 2.05) is 16.8 Å². The molecule has 0 aliphatic carbocycles. The molecule has 5 nitrogen and oxygen atoms in total. The average molecular weight is 372 g/mol. The van der Waals surface area contributed by atoms with Crippen molar-refractivity contribution in [2.75, 3.05) is 24.5 Å². The molecule has 1 aromatic carbocycles. The second kappa shape index (κ2) is 9.38. The number of hydrogen-bond acceptors (Lipinski definition) is 4. The minimum Gasteiger partial charge on any atom is -0.371 e. The van der Waals surface area contributed by atoms with Crippen molar-refractivity contribution in [2.45, 2.75) is 32.2 Å². The fraction of sp³-hybridized carbons (Fsp3) is 0.400. The third-order valence-corrected chi connectivity index (χ3v) is 5.25. The van der Waals surface area contributed by atoms with Crippen LogP contribution in [-0.4, -0.2) is 31.4 Å². The molecule has 1 fully saturated rings. The van der Waals surface area contributed by atoms with Gasteiger partial charge in [0.25, 0.3) is 5.91 Å². The molecule has 26 heavy (non-hydrogen) atoms. The normalized spacial score (nSPS) is 13.6. The van der Waals surface area contributed by atoms with E-state index in [2.05, 4.69) is 33.7 Å². The third-order valence-electron chi connectivity index (χ3n) is 4.56. The Balaban J connectivity index is 1.38. The highest BCUT2D eigenvalue weighted by molar-refractivity contribution is 7.08. The van der Waals surface area contributed by atoms with Crippen LogP contribution in [0.3, 0.4) is 0 Å². The number of carbonyl (C=O) groups is 2. The van der Waals surface area contributed by atoms with Gasteiger partial charge in [0.05, 0.1) is 0 Å². The van der Waals surface area contributed by atoms with Crippen molar-refractivity contribution >= 4 is 28.8 Å². The van der Waals surface area contributed by atoms with Crippen LogP contribution < -0.4 is 15.5 Å². The lowest BCUT2D eigenvalue weighted by atomic mass is 10.1. The van der Waals surface area contributed by atoms with E-state index in [1.165, 1.54) is 29.9 Å². The van der Waals surface area contributed by atoms with Crippen LogP contribution in [0.4, 0.5) is 5.69 Å². The molecule has 0 saturated carbocycles. The number of benzene rings is 1. The molecule has 0 radical (unpaired) electrons. The van der Waals surface area contributed by atoms with E-state index in [4.69, 9.17) is 0 Å². The first-order chi connectivity index (χ1) is 12.7. The van der Waals surface area contributed by atoms with Gasteiger partial charge in [-0.25, -0.2) is 0 Å². The molecule has 1 saturated heterocycles. The van der Waals surface area contributed by atoms with Gasteiger partial charge in [-0.1, -0.05) is 18.2 Å². The average Bonchev–Trinajstić information content (AvgIpc) is 3.37. The van der Waals surface area contributed by atoms with E-state index >= 15 is 0 Å². The van der Waals surface area contributed by atoms with Crippen LogP contribution >= 0.6 is 11.3 Å². The Morgan fingerprint density at radius 3 is 2.65 bits per heavy atom. The molecule has 0 spiro atoms. The molecule has 2 amide bonds. The van der Waals surface area contributed by atoms with Gasteiger partial charge in [0.15, 0.2) is 0 Å². The van der Waals surface area contributed by atoms with Gasteiger partial charge in [-0.2, -0.15) is 11.3 Å². The Kier molecular flexibility index (Phi) is 6.66. The lowest BCUT2D eigenvalue weighted by molar-refractivity contribution is -0.121. The third kappa shape index (κ3) is 5.08. The summed E-state index contributed by atoms with van der Waals surface area (Å²) in [5.74, 6) is -0.0581. The highest BCUT2D eigenvalue weighted by atomic mass is 32.1. The van der Waals surface area contributed by atoms with Crippen LogP contribution in [-0.2, 0) is 11.3 Å². The van der Waals surface area contributed by atoms with Gasteiger partial charge in [0, 0.05) is 49.2 Å². The maximum Gasteiger partial charge on any atom is 0.252 e. The molecule has 138 valence electrons. The number of carbonyl (C=O) groups excluding carboxylic acids is 2. The van der Waals surface area contributed by atoms with Crippen molar-refractivity contribution in [2.24, 2.45) is 0 Å². The first-order valence-corrected chi connectivity index (χ1v) is 10.1. The maximum absolute atomic E-state index is 12.1. The molecule has 2 heterocycles. The predicted molar refractivity (Wildman–Crippen MR) is 106 cm³/mol. The van der Waals surface area contributed by atoms with Crippen molar-refractivity contribution in [3.63, 3.8) is 0 Å². The Hall–Kier alpha value is -2.34. The van der Waals surface area contributed by atoms with Crippen LogP contribution in [0.5, 0.6) is 0 Å². The first kappa shape index (κ1) is 18.5. The lowest BCUT2D eigenvalue weighted by Gasteiger charge is -2.21. The number of para-hydroxylation sites is 1. The number of thiophene rings is 1. The topological polar surface area (TPSA) is 61.4 Å². The maximum atomic E-state index is 12.1. The quantitative estimate of drug-likeness (QED) is 0.701. The zero-order chi connectivity index (χ0) is 18.2. The summed E-state index contributed by atoms with van der Waals surface area (Å²) < 4.78 is 0. The summed E-state index contributed by atoms with van der Waals surface area (Å²) in [6, 6.07) is 10.1. The summed E-state index contributed by atoms with van der Waals surface area (Å²) in [6.45, 7) is 3.24. The molecule has 3 rings (SSSR count). The minimum atomic E-state index is -0.0776. The number of anilines is 1. The largest absolute Gasteiger partial charge is 0.371 e. The predicted octanol–water partition coefficient (Wildman–Crippen LogP) is 3.17. The molecular formula is C20H25N3O2S. The molecule has 0 bridgehead atoms. The SMILES string of the molecule is O=C(CCCNC(=O)c1ccsc1)NCc1ccccc1N1CCCC1. The number of nitrogens with one attached hydrogen (secondary N) is 2. The van der Waals surface area contributed by atoms with Crippen LogP contribution in [0, 0.1) is 0 Å². The summed E-state index contributed by atoms with van der Waals surface area (Å²) in [7, 11) is 0. The van der Waals surface area contributed by atoms with Gasteiger partial charge in [0.2, 0.25) is 5.91 Å². The van der Waals surface area contributed by atoms with Gasteiger partial charge in [-0.15, -0.1) is 0 Å². The summed E-state index contributed by atoms with van der Waals surface area (Å²) in [4.78, 5) is 26.3. The molecule has 2 aromatic rings. The fourth-order valence-electron chi connectivity index (χ4n) is 3.16. The summed E-state index contributed by atoms with van der Waals surface area (Å²) in [5, 5.41) is 9.54. The summed E-state index contributed by atoms with van der Waals surface area (Å²) >= 11 is 1.50. The van der Waals surface area contributed by atoms with Crippen LogP contribution in [0.15, 0.2) is 41.1 Å². The molecule has 0 unspecified atom stereocenters. The molecule has 6 heteroatoms. The lowest BCUT2D eigenvalue weighted by Crippen LogP contribution is -2.28. The van der Waals surface area contributed by atoms with Crippen molar-refractivity contribution in [1.82, 2.24) is 10.6 Å². The van der Waals surface area contributed by atoms with E-state index < -0.39 is 0 Å². The zero-order valence-electron chi connectivity index (χ0n) is 14.9. The van der Waals surface area contributed by atoms with Crippen LogP contribution in [0.1, 0.15) is 41.6 Å². The Morgan fingerprint density at radius 2 is 1.88 bits per heavy atom. The van der Waals surface area contributed by atoms with Crippen molar-refractivity contribution < 1.29 is 9.59 Å². The summed E-state index contributed by atoms with van der Waals surface area (Å²) in [5.41, 5.74) is 3.07. The Morgan fingerprint density at radius 1 is 1.08 bits per heavy atom. The van der Waals surface area contributed by atoms with Gasteiger partial charge in [-0.3, -0.25) is 9.59 Å². The minimum absolute atomic E-state index is 0.0195. The second-order valence-electron chi connectivity index (χ2n) is 6.47. The Labute approximate surface area is 158 Å². The molecule has 1 aliphatic heterocycles. The van der Waals surface area contributed by atoms with Gasteiger partial charge in [0.1, 0.15) is 0 Å². The van der Waals surface area contributed by atoms with E-state index in [9.17, 15) is 9.59 Å². The number of rotatable bonds is 8. The fourth-order valence-corrected chi connectivity index (χ4v) is 3.79. The van der Waals surface area contributed by atoms with Crippen LogP contribution in [0.25, 0.3) is 0 Å². The molecule has 2 N–H and O–H groups in total. The first-order valence-electron chi connectivity index (χ1n) is 9.14. The zero-order valence-corrected chi connectivity index (χ0v) is 15.7. The highest BCUT2D eigenvalue weighted by Crippen LogP contribution is 2.24. The summed E-state index contributed by atoms with van der Waals surface area (Å²) in [6.07, 6.45) is 3.51. The van der Waals surface area contributed by atoms with Gasteiger partial charge >= 0.3 is 0 Å². The molecule has 1 aromatic heterocycles.